The van der Waals surface area contributed by atoms with E-state index in [1.807, 2.05) is 0 Å². The fourth-order valence-corrected chi connectivity index (χ4v) is 2.76. The summed E-state index contributed by atoms with van der Waals surface area (Å²) in [4.78, 5) is 22.3. The van der Waals surface area contributed by atoms with Gasteiger partial charge in [0.25, 0.3) is 0 Å². The number of nitro groups is 1. The van der Waals surface area contributed by atoms with Gasteiger partial charge in [0, 0.05) is 22.9 Å². The summed E-state index contributed by atoms with van der Waals surface area (Å²) in [6.07, 6.45) is 4.50. The van der Waals surface area contributed by atoms with Crippen LogP contribution >= 0.6 is 0 Å². The number of aromatic nitrogens is 4. The Morgan fingerprint density at radius 2 is 2.00 bits per heavy atom. The molecule has 0 aliphatic carbocycles. The molecule has 3 aromatic rings. The van der Waals surface area contributed by atoms with E-state index in [4.69, 9.17) is 9.47 Å². The molecule has 0 spiro atoms. The van der Waals surface area contributed by atoms with Crippen molar-refractivity contribution in [1.29, 1.82) is 0 Å². The third kappa shape index (κ3) is 3.41. The van der Waals surface area contributed by atoms with Crippen molar-refractivity contribution < 1.29 is 18.8 Å². The second-order valence-electron chi connectivity index (χ2n) is 6.37. The van der Waals surface area contributed by atoms with E-state index < -0.39 is 10.5 Å². The maximum atomic E-state index is 13.0. The van der Waals surface area contributed by atoms with Crippen LogP contribution in [0.4, 0.5) is 10.2 Å². The van der Waals surface area contributed by atoms with Crippen LogP contribution in [0.3, 0.4) is 0 Å². The number of hydrogen-bond donors (Lipinski definition) is 0. The minimum Gasteiger partial charge on any atom is -0.459 e. The van der Waals surface area contributed by atoms with Crippen LogP contribution in [-0.2, 0) is 6.54 Å². The number of rotatable bonds is 5. The molecule has 0 amide bonds. The normalized spacial score (nSPS) is 18.0. The zero-order valence-corrected chi connectivity index (χ0v) is 14.2. The molecule has 1 atom stereocenters. The Hall–Kier alpha value is -3.56. The van der Waals surface area contributed by atoms with E-state index in [0.29, 0.717) is 6.54 Å². The molecule has 0 fully saturated rings. The van der Waals surface area contributed by atoms with Gasteiger partial charge in [0.05, 0.1) is 6.54 Å². The van der Waals surface area contributed by atoms with E-state index in [1.54, 1.807) is 36.0 Å². The van der Waals surface area contributed by atoms with Crippen molar-refractivity contribution >= 4 is 5.82 Å². The highest BCUT2D eigenvalue weighted by atomic mass is 19.1. The van der Waals surface area contributed by atoms with E-state index in [9.17, 15) is 14.5 Å². The molecule has 10 heteroatoms. The van der Waals surface area contributed by atoms with Crippen molar-refractivity contribution in [2.75, 3.05) is 6.61 Å². The van der Waals surface area contributed by atoms with E-state index >= 15 is 0 Å². The molecule has 0 N–H and O–H groups in total. The number of halogens is 1. The van der Waals surface area contributed by atoms with Gasteiger partial charge in [0.1, 0.15) is 18.6 Å². The van der Waals surface area contributed by atoms with Crippen molar-refractivity contribution in [2.24, 2.45) is 0 Å². The second kappa shape index (κ2) is 6.31. The largest absolute Gasteiger partial charge is 0.459 e. The molecule has 0 bridgehead atoms. The molecule has 4 rings (SSSR count). The van der Waals surface area contributed by atoms with Gasteiger partial charge in [0.2, 0.25) is 0 Å². The SMILES string of the molecule is CC1(COc2ncc(-c3ccc(F)cc3)cn2)Cn2cc([N+](=O)[O-])nc2O1. The van der Waals surface area contributed by atoms with Gasteiger partial charge in [0.15, 0.2) is 5.60 Å². The fourth-order valence-electron chi connectivity index (χ4n) is 2.76. The maximum Gasteiger partial charge on any atom is 0.415 e. The van der Waals surface area contributed by atoms with Crippen molar-refractivity contribution in [3.63, 3.8) is 0 Å². The first-order chi connectivity index (χ1) is 12.9. The Kier molecular flexibility index (Phi) is 3.94. The Bertz CT molecular complexity index is 964. The van der Waals surface area contributed by atoms with Crippen molar-refractivity contribution in [3.8, 4) is 23.1 Å². The number of imidazole rings is 1. The molecular formula is C17H14FN5O4. The van der Waals surface area contributed by atoms with Gasteiger partial charge in [-0.05, 0) is 29.5 Å². The van der Waals surface area contributed by atoms with E-state index in [-0.39, 0.29) is 30.3 Å². The third-order valence-corrected chi connectivity index (χ3v) is 4.07. The highest BCUT2D eigenvalue weighted by molar-refractivity contribution is 5.61. The highest BCUT2D eigenvalue weighted by Crippen LogP contribution is 2.31. The smallest absolute Gasteiger partial charge is 0.415 e. The molecule has 1 aliphatic heterocycles. The first-order valence-corrected chi connectivity index (χ1v) is 8.03. The number of hydrogen-bond acceptors (Lipinski definition) is 7. The average Bonchev–Trinajstić information content (AvgIpc) is 3.17. The minimum atomic E-state index is -0.740. The first-order valence-electron chi connectivity index (χ1n) is 8.03. The molecule has 2 aromatic heterocycles. The summed E-state index contributed by atoms with van der Waals surface area (Å²) in [6.45, 7) is 2.30. The zero-order valence-electron chi connectivity index (χ0n) is 14.2. The summed E-state index contributed by atoms with van der Waals surface area (Å²) in [6, 6.07) is 6.37. The molecule has 138 valence electrons. The minimum absolute atomic E-state index is 0.139. The lowest BCUT2D eigenvalue weighted by molar-refractivity contribution is -0.389. The van der Waals surface area contributed by atoms with Crippen molar-refractivity contribution in [1.82, 2.24) is 19.5 Å². The lowest BCUT2D eigenvalue weighted by atomic mass is 10.1. The molecule has 3 heterocycles. The Balaban J connectivity index is 1.39. The van der Waals surface area contributed by atoms with Crippen LogP contribution in [0.1, 0.15) is 6.92 Å². The Morgan fingerprint density at radius 3 is 2.63 bits per heavy atom. The predicted octanol–water partition coefficient (Wildman–Crippen LogP) is 2.62. The van der Waals surface area contributed by atoms with Crippen LogP contribution in [0.15, 0.2) is 42.9 Å². The van der Waals surface area contributed by atoms with Gasteiger partial charge in [-0.25, -0.2) is 14.4 Å². The average molecular weight is 371 g/mol. The standard InChI is InChI=1S/C17H14FN5O4/c1-17(9-22-8-14(23(24)25)21-16(22)27-17)10-26-15-19-6-12(7-20-15)11-2-4-13(18)5-3-11/h2-8H,9-10H2,1H3. The molecule has 0 radical (unpaired) electrons. The van der Waals surface area contributed by atoms with Crippen LogP contribution in [0.25, 0.3) is 11.1 Å². The van der Waals surface area contributed by atoms with E-state index in [2.05, 4.69) is 15.0 Å². The van der Waals surface area contributed by atoms with Gasteiger partial charge < -0.3 is 19.6 Å². The van der Waals surface area contributed by atoms with Gasteiger partial charge in [-0.1, -0.05) is 12.1 Å². The number of fused-ring (bicyclic) bond motifs is 1. The molecule has 1 aromatic carbocycles. The lowest BCUT2D eigenvalue weighted by Gasteiger charge is -2.21. The number of ether oxygens (including phenoxy) is 2. The summed E-state index contributed by atoms with van der Waals surface area (Å²) in [5.74, 6) is -0.567. The second-order valence-corrected chi connectivity index (χ2v) is 6.37. The topological polar surface area (TPSA) is 105 Å². The maximum absolute atomic E-state index is 13.0. The lowest BCUT2D eigenvalue weighted by Crippen LogP contribution is -2.38. The van der Waals surface area contributed by atoms with Crippen LogP contribution in [0.2, 0.25) is 0 Å². The van der Waals surface area contributed by atoms with Crippen LogP contribution in [0, 0.1) is 15.9 Å². The quantitative estimate of drug-likeness (QED) is 0.501. The molecular weight excluding hydrogens is 357 g/mol. The fraction of sp³-hybridized carbons (Fsp3) is 0.235. The molecule has 27 heavy (non-hydrogen) atoms. The van der Waals surface area contributed by atoms with Gasteiger partial charge in [-0.3, -0.25) is 4.57 Å². The molecule has 1 aliphatic rings. The molecule has 9 nitrogen and oxygen atoms in total. The molecule has 0 saturated carbocycles. The summed E-state index contributed by atoms with van der Waals surface area (Å²) in [5.41, 5.74) is 0.787. The first kappa shape index (κ1) is 16.9. The van der Waals surface area contributed by atoms with E-state index in [1.165, 1.54) is 18.3 Å². The molecule has 1 unspecified atom stereocenters. The third-order valence-electron chi connectivity index (χ3n) is 4.07. The Labute approximate surface area is 152 Å². The van der Waals surface area contributed by atoms with E-state index in [0.717, 1.165) is 11.1 Å². The highest BCUT2D eigenvalue weighted by Gasteiger charge is 2.41. The van der Waals surface area contributed by atoms with Crippen molar-refractivity contribution in [2.45, 2.75) is 19.1 Å². The summed E-state index contributed by atoms with van der Waals surface area (Å²) < 4.78 is 25.8. The van der Waals surface area contributed by atoms with Crippen LogP contribution in [-0.4, -0.2) is 36.7 Å². The molecule has 0 saturated heterocycles. The summed E-state index contributed by atoms with van der Waals surface area (Å²) >= 11 is 0. The van der Waals surface area contributed by atoms with Crippen LogP contribution in [0.5, 0.6) is 12.0 Å². The van der Waals surface area contributed by atoms with Gasteiger partial charge >= 0.3 is 17.8 Å². The van der Waals surface area contributed by atoms with Crippen molar-refractivity contribution in [3.05, 3.63) is 58.8 Å². The number of benzene rings is 1. The number of nitrogens with zero attached hydrogens (tertiary/aromatic N) is 5. The van der Waals surface area contributed by atoms with Gasteiger partial charge in [-0.15, -0.1) is 0 Å². The zero-order chi connectivity index (χ0) is 19.0. The van der Waals surface area contributed by atoms with Gasteiger partial charge in [-0.2, -0.15) is 0 Å². The monoisotopic (exact) mass is 371 g/mol. The van der Waals surface area contributed by atoms with Crippen LogP contribution < -0.4 is 9.47 Å². The summed E-state index contributed by atoms with van der Waals surface area (Å²) in [5, 5.41) is 10.7. The summed E-state index contributed by atoms with van der Waals surface area (Å²) in [7, 11) is 0. The predicted molar refractivity (Wildman–Crippen MR) is 90.8 cm³/mol. The Morgan fingerprint density at radius 1 is 1.30 bits per heavy atom.